The summed E-state index contributed by atoms with van der Waals surface area (Å²) in [6, 6.07) is 4.88. The molecule has 0 bridgehead atoms. The van der Waals surface area contributed by atoms with E-state index in [4.69, 9.17) is 16.7 Å². The van der Waals surface area contributed by atoms with Gasteiger partial charge in [0.15, 0.2) is 0 Å². The van der Waals surface area contributed by atoms with Crippen LogP contribution in [0.4, 0.5) is 10.5 Å². The second kappa shape index (κ2) is 5.79. The summed E-state index contributed by atoms with van der Waals surface area (Å²) < 4.78 is 0.708. The van der Waals surface area contributed by atoms with Crippen molar-refractivity contribution in [1.82, 2.24) is 4.90 Å². The number of hydrogen-bond acceptors (Lipinski definition) is 2. The van der Waals surface area contributed by atoms with E-state index in [1.807, 2.05) is 0 Å². The van der Waals surface area contributed by atoms with Crippen LogP contribution in [0.1, 0.15) is 6.42 Å². The maximum atomic E-state index is 11.8. The van der Waals surface area contributed by atoms with Gasteiger partial charge in [0.1, 0.15) is 0 Å². The minimum absolute atomic E-state index is 0.0557. The topological polar surface area (TPSA) is 69.6 Å². The number of anilines is 1. The van der Waals surface area contributed by atoms with Gasteiger partial charge in [0, 0.05) is 29.2 Å². The number of nitrogens with one attached hydrogen (secondary N) is 1. The van der Waals surface area contributed by atoms with Gasteiger partial charge in [0.2, 0.25) is 0 Å². The number of urea groups is 1. The highest BCUT2D eigenvalue weighted by atomic mass is 79.9. The lowest BCUT2D eigenvalue weighted by molar-refractivity contribution is -0.139. The zero-order valence-electron chi connectivity index (χ0n) is 9.90. The molecular weight excluding hydrogens is 336 g/mol. The normalized spacial score (nSPS) is 14.9. The fourth-order valence-corrected chi connectivity index (χ4v) is 2.38. The smallest absolute Gasteiger partial charge is 0.321 e. The van der Waals surface area contributed by atoms with Gasteiger partial charge in [-0.05, 0) is 34.1 Å². The number of likely N-dealkylation sites (tertiary alicyclic amines) is 1. The molecule has 0 aromatic heterocycles. The first-order chi connectivity index (χ1) is 8.95. The summed E-state index contributed by atoms with van der Waals surface area (Å²) in [6.07, 6.45) is 0.107. The van der Waals surface area contributed by atoms with Gasteiger partial charge in [0.05, 0.1) is 11.4 Å². The van der Waals surface area contributed by atoms with Crippen LogP contribution in [0, 0.1) is 5.92 Å². The van der Waals surface area contributed by atoms with E-state index in [1.54, 1.807) is 23.1 Å². The van der Waals surface area contributed by atoms with Crippen LogP contribution in [0.15, 0.2) is 22.7 Å². The maximum Gasteiger partial charge on any atom is 0.321 e. The maximum absolute atomic E-state index is 11.8. The summed E-state index contributed by atoms with van der Waals surface area (Å²) in [5.74, 6) is -0.771. The molecule has 0 spiro atoms. The standard InChI is InChI=1S/C12H12BrClN2O3/c13-9-4-8(1-2-10(9)14)15-12(19)16-5-7(6-16)3-11(17)18/h1-2,4,7H,3,5-6H2,(H,15,19)(H,17,18). The highest BCUT2D eigenvalue weighted by Gasteiger charge is 2.32. The van der Waals surface area contributed by atoms with Gasteiger partial charge in [-0.1, -0.05) is 11.6 Å². The number of aliphatic carboxylic acids is 1. The van der Waals surface area contributed by atoms with Crippen molar-refractivity contribution in [3.63, 3.8) is 0 Å². The number of carbonyl (C=O) groups excluding carboxylic acids is 1. The fraction of sp³-hybridized carbons (Fsp3) is 0.333. The molecule has 1 aromatic carbocycles. The SMILES string of the molecule is O=C(O)CC1CN(C(=O)Nc2ccc(Cl)c(Br)c2)C1. The van der Waals surface area contributed by atoms with E-state index in [1.165, 1.54) is 0 Å². The molecule has 2 rings (SSSR count). The Balaban J connectivity index is 1.85. The Morgan fingerprint density at radius 1 is 1.47 bits per heavy atom. The number of carboxylic acids is 1. The van der Waals surface area contributed by atoms with Gasteiger partial charge in [-0.3, -0.25) is 4.79 Å². The molecule has 2 amide bonds. The van der Waals surface area contributed by atoms with E-state index >= 15 is 0 Å². The number of carbonyl (C=O) groups is 2. The first kappa shape index (κ1) is 14.1. The number of rotatable bonds is 3. The number of carboxylic acid groups (broad SMARTS) is 1. The van der Waals surface area contributed by atoms with Crippen LogP contribution in [-0.2, 0) is 4.79 Å². The lowest BCUT2D eigenvalue weighted by Crippen LogP contribution is -2.52. The van der Waals surface area contributed by atoms with E-state index < -0.39 is 5.97 Å². The van der Waals surface area contributed by atoms with E-state index in [0.29, 0.717) is 28.3 Å². The molecule has 0 radical (unpaired) electrons. The molecule has 1 heterocycles. The summed E-state index contributed by atoms with van der Waals surface area (Å²) in [7, 11) is 0. The Morgan fingerprint density at radius 3 is 2.74 bits per heavy atom. The molecule has 1 aliphatic rings. The third kappa shape index (κ3) is 3.61. The van der Waals surface area contributed by atoms with Crippen molar-refractivity contribution in [3.05, 3.63) is 27.7 Å². The third-order valence-corrected chi connectivity index (χ3v) is 4.09. The molecular formula is C12H12BrClN2O3. The predicted molar refractivity (Wildman–Crippen MR) is 75.5 cm³/mol. The number of hydrogen-bond donors (Lipinski definition) is 2. The average Bonchev–Trinajstić information content (AvgIpc) is 2.27. The molecule has 1 fully saturated rings. The molecule has 0 aliphatic carbocycles. The summed E-state index contributed by atoms with van der Waals surface area (Å²) in [5, 5.41) is 11.9. The van der Waals surface area contributed by atoms with Gasteiger partial charge in [0.25, 0.3) is 0 Å². The minimum atomic E-state index is -0.827. The predicted octanol–water partition coefficient (Wildman–Crippen LogP) is 3.04. The van der Waals surface area contributed by atoms with Gasteiger partial charge in [-0.25, -0.2) is 4.79 Å². The zero-order valence-corrected chi connectivity index (χ0v) is 12.2. The van der Waals surface area contributed by atoms with Crippen molar-refractivity contribution in [3.8, 4) is 0 Å². The largest absolute Gasteiger partial charge is 0.481 e. The number of benzene rings is 1. The van der Waals surface area contributed by atoms with Crippen LogP contribution >= 0.6 is 27.5 Å². The molecule has 1 aromatic rings. The Morgan fingerprint density at radius 2 is 2.16 bits per heavy atom. The number of amides is 2. The van der Waals surface area contributed by atoms with Gasteiger partial charge in [-0.15, -0.1) is 0 Å². The molecule has 1 saturated heterocycles. The molecule has 2 N–H and O–H groups in total. The van der Waals surface area contributed by atoms with E-state index in [0.717, 1.165) is 0 Å². The van der Waals surface area contributed by atoms with Crippen molar-refractivity contribution < 1.29 is 14.7 Å². The molecule has 19 heavy (non-hydrogen) atoms. The van der Waals surface area contributed by atoms with Crippen LogP contribution < -0.4 is 5.32 Å². The van der Waals surface area contributed by atoms with Gasteiger partial charge < -0.3 is 15.3 Å². The molecule has 7 heteroatoms. The van der Waals surface area contributed by atoms with Crippen molar-refractivity contribution in [2.75, 3.05) is 18.4 Å². The van der Waals surface area contributed by atoms with Crippen LogP contribution in [0.5, 0.6) is 0 Å². The van der Waals surface area contributed by atoms with Crippen molar-refractivity contribution >= 4 is 45.2 Å². The molecule has 1 aliphatic heterocycles. The molecule has 0 atom stereocenters. The summed E-state index contributed by atoms with van der Waals surface area (Å²) in [4.78, 5) is 23.9. The van der Waals surface area contributed by atoms with E-state index in [-0.39, 0.29) is 18.4 Å². The van der Waals surface area contributed by atoms with Crippen molar-refractivity contribution in [1.29, 1.82) is 0 Å². The zero-order chi connectivity index (χ0) is 14.0. The second-order valence-electron chi connectivity index (χ2n) is 4.43. The summed E-state index contributed by atoms with van der Waals surface area (Å²) in [5.41, 5.74) is 0.642. The van der Waals surface area contributed by atoms with E-state index in [2.05, 4.69) is 21.2 Å². The van der Waals surface area contributed by atoms with Crippen LogP contribution in [0.2, 0.25) is 5.02 Å². The van der Waals surface area contributed by atoms with Gasteiger partial charge in [-0.2, -0.15) is 0 Å². The van der Waals surface area contributed by atoms with Crippen molar-refractivity contribution in [2.24, 2.45) is 5.92 Å². The van der Waals surface area contributed by atoms with Crippen molar-refractivity contribution in [2.45, 2.75) is 6.42 Å². The lowest BCUT2D eigenvalue weighted by Gasteiger charge is -2.38. The van der Waals surface area contributed by atoms with E-state index in [9.17, 15) is 9.59 Å². The molecule has 5 nitrogen and oxygen atoms in total. The average molecular weight is 348 g/mol. The Labute approximate surface area is 123 Å². The molecule has 0 saturated carbocycles. The Hall–Kier alpha value is -1.27. The Bertz CT molecular complexity index is 518. The number of nitrogens with zero attached hydrogens (tertiary/aromatic N) is 1. The fourth-order valence-electron chi connectivity index (χ4n) is 1.89. The van der Waals surface area contributed by atoms with Crippen LogP contribution in [-0.4, -0.2) is 35.1 Å². The quantitative estimate of drug-likeness (QED) is 0.883. The molecule has 102 valence electrons. The highest BCUT2D eigenvalue weighted by molar-refractivity contribution is 9.10. The monoisotopic (exact) mass is 346 g/mol. The minimum Gasteiger partial charge on any atom is -0.481 e. The third-order valence-electron chi connectivity index (χ3n) is 2.88. The van der Waals surface area contributed by atoms with Crippen LogP contribution in [0.25, 0.3) is 0 Å². The van der Waals surface area contributed by atoms with Gasteiger partial charge >= 0.3 is 12.0 Å². The number of halogens is 2. The first-order valence-electron chi connectivity index (χ1n) is 5.68. The lowest BCUT2D eigenvalue weighted by atomic mass is 9.97. The molecule has 0 unspecified atom stereocenters. The Kier molecular flexibility index (Phi) is 4.31. The van der Waals surface area contributed by atoms with Crippen LogP contribution in [0.3, 0.4) is 0 Å². The summed E-state index contributed by atoms with van der Waals surface area (Å²) >= 11 is 9.14. The highest BCUT2D eigenvalue weighted by Crippen LogP contribution is 2.26. The summed E-state index contributed by atoms with van der Waals surface area (Å²) in [6.45, 7) is 0.958. The first-order valence-corrected chi connectivity index (χ1v) is 6.85. The second-order valence-corrected chi connectivity index (χ2v) is 5.69.